The van der Waals surface area contributed by atoms with E-state index in [9.17, 15) is 15.0 Å². The third-order valence-corrected chi connectivity index (χ3v) is 4.71. The number of phenolic OH excluding ortho intramolecular Hbond substituents is 1. The first kappa shape index (κ1) is 17.0. The number of para-hydroxylation sites is 1. The van der Waals surface area contributed by atoms with Gasteiger partial charge in [-0.25, -0.2) is 0 Å². The lowest BCUT2D eigenvalue weighted by Crippen LogP contribution is -2.09. The molecule has 0 amide bonds. The molecule has 0 aliphatic heterocycles. The quantitative estimate of drug-likeness (QED) is 0.475. The van der Waals surface area contributed by atoms with Crippen LogP contribution < -0.4 is 0 Å². The molecular weight excluding hydrogens is 419 g/mol. The number of benzene rings is 2. The molecule has 0 aliphatic carbocycles. The highest BCUT2D eigenvalue weighted by Crippen LogP contribution is 2.31. The number of halogens is 1. The number of aryl methyl sites for hydroxylation is 1. The average Bonchev–Trinajstić information content (AvgIpc) is 2.88. The van der Waals surface area contributed by atoms with E-state index < -0.39 is 6.10 Å². The summed E-state index contributed by atoms with van der Waals surface area (Å²) in [7, 11) is 0. The minimum absolute atomic E-state index is 0.170. The van der Waals surface area contributed by atoms with Crippen molar-refractivity contribution in [2.75, 3.05) is 0 Å². The molecule has 0 aliphatic rings. The Kier molecular flexibility index (Phi) is 4.64. The number of phenols is 1. The number of ketones is 1. The topological polar surface area (TPSA) is 70.7 Å². The first-order valence-corrected chi connectivity index (χ1v) is 8.68. The molecule has 0 spiro atoms. The van der Waals surface area contributed by atoms with E-state index in [4.69, 9.17) is 4.42 Å². The van der Waals surface area contributed by atoms with Gasteiger partial charge < -0.3 is 14.6 Å². The van der Waals surface area contributed by atoms with Gasteiger partial charge in [0.1, 0.15) is 17.1 Å². The zero-order chi connectivity index (χ0) is 17.4. The summed E-state index contributed by atoms with van der Waals surface area (Å²) in [5.41, 5.74) is 2.25. The molecule has 124 valence electrons. The van der Waals surface area contributed by atoms with Crippen LogP contribution in [0.5, 0.6) is 5.75 Å². The number of carbonyl (C=O) groups excluding carboxylic acids is 1. The summed E-state index contributed by atoms with van der Waals surface area (Å²) in [5.74, 6) is 0.502. The number of hydrogen-bond donors (Lipinski definition) is 2. The summed E-state index contributed by atoms with van der Waals surface area (Å²) in [6.45, 7) is 3.42. The lowest BCUT2D eigenvalue weighted by Gasteiger charge is -2.08. The molecule has 3 rings (SSSR count). The van der Waals surface area contributed by atoms with Crippen molar-refractivity contribution in [3.63, 3.8) is 0 Å². The Morgan fingerprint density at radius 3 is 2.67 bits per heavy atom. The highest BCUT2D eigenvalue weighted by molar-refractivity contribution is 14.1. The van der Waals surface area contributed by atoms with Crippen LogP contribution in [0.4, 0.5) is 0 Å². The molecule has 5 heteroatoms. The summed E-state index contributed by atoms with van der Waals surface area (Å²) < 4.78 is 6.43. The highest BCUT2D eigenvalue weighted by Gasteiger charge is 2.23. The predicted molar refractivity (Wildman–Crippen MR) is 101 cm³/mol. The highest BCUT2D eigenvalue weighted by atomic mass is 127. The van der Waals surface area contributed by atoms with Crippen LogP contribution in [-0.2, 0) is 6.42 Å². The fourth-order valence-corrected chi connectivity index (χ4v) is 3.53. The molecule has 2 aromatic carbocycles. The van der Waals surface area contributed by atoms with Gasteiger partial charge in [0, 0.05) is 17.4 Å². The molecule has 1 unspecified atom stereocenters. The molecule has 2 N–H and O–H groups in total. The van der Waals surface area contributed by atoms with Gasteiger partial charge in [0.05, 0.1) is 15.2 Å². The number of rotatable bonds is 4. The van der Waals surface area contributed by atoms with Crippen LogP contribution >= 0.6 is 22.6 Å². The van der Waals surface area contributed by atoms with Gasteiger partial charge in [-0.2, -0.15) is 0 Å². The van der Waals surface area contributed by atoms with E-state index in [0.29, 0.717) is 31.6 Å². The van der Waals surface area contributed by atoms with E-state index in [2.05, 4.69) is 0 Å². The van der Waals surface area contributed by atoms with E-state index in [1.165, 1.54) is 0 Å². The molecule has 0 radical (unpaired) electrons. The number of furan rings is 1. The van der Waals surface area contributed by atoms with Crippen molar-refractivity contribution in [2.24, 2.45) is 0 Å². The Hall–Kier alpha value is -1.86. The zero-order valence-electron chi connectivity index (χ0n) is 13.3. The average molecular weight is 436 g/mol. The molecule has 4 nitrogen and oxygen atoms in total. The van der Waals surface area contributed by atoms with Crippen LogP contribution in [0, 0.1) is 10.5 Å². The third-order valence-electron chi connectivity index (χ3n) is 3.89. The largest absolute Gasteiger partial charge is 0.507 e. The molecular formula is C19H17IO4. The van der Waals surface area contributed by atoms with Gasteiger partial charge in [-0.3, -0.25) is 4.79 Å². The summed E-state index contributed by atoms with van der Waals surface area (Å²) in [6, 6.07) is 10.7. The van der Waals surface area contributed by atoms with Gasteiger partial charge >= 0.3 is 0 Å². The fraction of sp³-hybridized carbons (Fsp3) is 0.211. The van der Waals surface area contributed by atoms with E-state index in [1.807, 2.05) is 46.9 Å². The van der Waals surface area contributed by atoms with E-state index in [0.717, 1.165) is 5.39 Å². The molecule has 1 atom stereocenters. The molecule has 3 aromatic rings. The minimum atomic E-state index is -0.612. The normalized spacial score (nSPS) is 12.5. The Morgan fingerprint density at radius 1 is 1.29 bits per heavy atom. The van der Waals surface area contributed by atoms with Crippen molar-refractivity contribution in [3.05, 3.63) is 62.4 Å². The smallest absolute Gasteiger partial charge is 0.197 e. The number of fused-ring (bicyclic) bond motifs is 1. The second-order valence-electron chi connectivity index (χ2n) is 5.90. The maximum absolute atomic E-state index is 13.1. The van der Waals surface area contributed by atoms with Crippen molar-refractivity contribution in [1.29, 1.82) is 0 Å². The maximum Gasteiger partial charge on any atom is 0.197 e. The number of aliphatic hydroxyl groups excluding tert-OH is 1. The van der Waals surface area contributed by atoms with Crippen molar-refractivity contribution < 1.29 is 19.4 Å². The van der Waals surface area contributed by atoms with Gasteiger partial charge in [-0.1, -0.05) is 18.2 Å². The summed E-state index contributed by atoms with van der Waals surface area (Å²) >= 11 is 2.01. The lowest BCUT2D eigenvalue weighted by atomic mass is 9.97. The van der Waals surface area contributed by atoms with Crippen LogP contribution in [-0.4, -0.2) is 22.1 Å². The van der Waals surface area contributed by atoms with Gasteiger partial charge in [0.15, 0.2) is 5.78 Å². The van der Waals surface area contributed by atoms with Crippen LogP contribution in [0.3, 0.4) is 0 Å². The standard InChI is InChI=1S/C19H17IO4/c1-10-7-12(9-14(20)18(10)22)19(23)17-13-5-3-4-6-15(13)24-16(17)8-11(2)21/h3-7,9,11,21-22H,8H2,1-2H3. The molecule has 0 saturated heterocycles. The number of aliphatic hydroxyl groups is 1. The van der Waals surface area contributed by atoms with Crippen LogP contribution in [0.25, 0.3) is 11.0 Å². The number of aromatic hydroxyl groups is 1. The van der Waals surface area contributed by atoms with Crippen molar-refractivity contribution in [2.45, 2.75) is 26.4 Å². The first-order chi connectivity index (χ1) is 11.4. The molecule has 1 heterocycles. The molecule has 24 heavy (non-hydrogen) atoms. The molecule has 0 bridgehead atoms. The zero-order valence-corrected chi connectivity index (χ0v) is 15.5. The van der Waals surface area contributed by atoms with E-state index in [1.54, 1.807) is 26.0 Å². The summed E-state index contributed by atoms with van der Waals surface area (Å²) in [4.78, 5) is 13.1. The van der Waals surface area contributed by atoms with Crippen molar-refractivity contribution >= 4 is 39.3 Å². The minimum Gasteiger partial charge on any atom is -0.507 e. The maximum atomic E-state index is 13.1. The Balaban J connectivity index is 2.19. The Labute approximate surface area is 153 Å². The third kappa shape index (κ3) is 3.06. The second-order valence-corrected chi connectivity index (χ2v) is 7.06. The first-order valence-electron chi connectivity index (χ1n) is 7.60. The lowest BCUT2D eigenvalue weighted by molar-refractivity contribution is 0.103. The molecule has 0 fully saturated rings. The number of hydrogen-bond acceptors (Lipinski definition) is 4. The number of carbonyl (C=O) groups is 1. The van der Waals surface area contributed by atoms with Crippen LogP contribution in [0.1, 0.15) is 34.2 Å². The van der Waals surface area contributed by atoms with E-state index >= 15 is 0 Å². The van der Waals surface area contributed by atoms with Gasteiger partial charge in [0.25, 0.3) is 0 Å². The summed E-state index contributed by atoms with van der Waals surface area (Å²) in [6.07, 6.45) is -0.344. The fourth-order valence-electron chi connectivity index (χ4n) is 2.77. The predicted octanol–water partition coefficient (Wildman–Crippen LogP) is 4.21. The van der Waals surface area contributed by atoms with Crippen molar-refractivity contribution in [1.82, 2.24) is 0 Å². The van der Waals surface area contributed by atoms with Crippen molar-refractivity contribution in [3.8, 4) is 5.75 Å². The Bertz CT molecular complexity index is 901. The molecule has 0 saturated carbocycles. The Morgan fingerprint density at radius 2 is 2.00 bits per heavy atom. The monoisotopic (exact) mass is 436 g/mol. The molecule has 1 aromatic heterocycles. The van der Waals surface area contributed by atoms with Crippen LogP contribution in [0.2, 0.25) is 0 Å². The van der Waals surface area contributed by atoms with E-state index in [-0.39, 0.29) is 18.0 Å². The summed E-state index contributed by atoms with van der Waals surface area (Å²) in [5, 5.41) is 20.4. The van der Waals surface area contributed by atoms with Gasteiger partial charge in [0.2, 0.25) is 0 Å². The van der Waals surface area contributed by atoms with Gasteiger partial charge in [-0.15, -0.1) is 0 Å². The second kappa shape index (κ2) is 6.57. The van der Waals surface area contributed by atoms with Crippen LogP contribution in [0.15, 0.2) is 40.8 Å². The van der Waals surface area contributed by atoms with Gasteiger partial charge in [-0.05, 0) is 60.2 Å². The SMILES string of the molecule is Cc1cc(C(=O)c2c(CC(C)O)oc3ccccc23)cc(I)c1O.